The van der Waals surface area contributed by atoms with Crippen LogP contribution in [0.2, 0.25) is 0 Å². The number of benzene rings is 1. The first-order valence-electron chi connectivity index (χ1n) is 7.29. The predicted octanol–water partition coefficient (Wildman–Crippen LogP) is 3.06. The third kappa shape index (κ3) is 6.04. The molecule has 0 fully saturated rings. The lowest BCUT2D eigenvalue weighted by Gasteiger charge is -2.16. The maximum absolute atomic E-state index is 11.9. The molecule has 1 aromatic carbocycles. The Kier molecular flexibility index (Phi) is 7.02. The molecule has 0 aliphatic carbocycles. The smallest absolute Gasteiger partial charge is 0.224 e. The van der Waals surface area contributed by atoms with Gasteiger partial charge in [-0.1, -0.05) is 13.8 Å². The van der Waals surface area contributed by atoms with E-state index in [1.54, 1.807) is 25.3 Å². The fourth-order valence-corrected chi connectivity index (χ4v) is 1.72. The molecule has 0 bridgehead atoms. The van der Waals surface area contributed by atoms with Crippen LogP contribution < -0.4 is 15.8 Å². The molecular formula is C16H26N2O3. The van der Waals surface area contributed by atoms with Crippen molar-refractivity contribution in [2.75, 3.05) is 24.8 Å². The number of nitrogens with two attached hydrogens (primary N) is 1. The average Bonchev–Trinajstić information content (AvgIpc) is 2.45. The maximum atomic E-state index is 11.9. The fourth-order valence-electron chi connectivity index (χ4n) is 1.72. The number of methoxy groups -OCH3 is 1. The SMILES string of the molecule is COc1cc(N)ccc1NC(=O)CCCOC(C)C(C)C. The lowest BCUT2D eigenvalue weighted by molar-refractivity contribution is -0.116. The number of carbonyl (C=O) groups excluding carboxylic acids is 1. The highest BCUT2D eigenvalue weighted by molar-refractivity contribution is 5.92. The van der Waals surface area contributed by atoms with Crippen molar-refractivity contribution in [3.05, 3.63) is 18.2 Å². The summed E-state index contributed by atoms with van der Waals surface area (Å²) >= 11 is 0. The minimum atomic E-state index is -0.0566. The molecule has 118 valence electrons. The molecule has 0 heterocycles. The van der Waals surface area contributed by atoms with E-state index in [-0.39, 0.29) is 12.0 Å². The molecule has 1 rings (SSSR count). The van der Waals surface area contributed by atoms with Crippen molar-refractivity contribution in [3.63, 3.8) is 0 Å². The van der Waals surface area contributed by atoms with E-state index in [9.17, 15) is 4.79 Å². The summed E-state index contributed by atoms with van der Waals surface area (Å²) in [5, 5.41) is 2.82. The van der Waals surface area contributed by atoms with Gasteiger partial charge in [0.25, 0.3) is 0 Å². The molecule has 5 heteroatoms. The third-order valence-electron chi connectivity index (χ3n) is 3.37. The van der Waals surface area contributed by atoms with Crippen molar-refractivity contribution in [1.82, 2.24) is 0 Å². The van der Waals surface area contributed by atoms with Gasteiger partial charge in [0.15, 0.2) is 0 Å². The molecular weight excluding hydrogens is 268 g/mol. The predicted molar refractivity (Wildman–Crippen MR) is 85.5 cm³/mol. The lowest BCUT2D eigenvalue weighted by atomic mass is 10.1. The van der Waals surface area contributed by atoms with Gasteiger partial charge in [-0.05, 0) is 31.4 Å². The molecule has 1 unspecified atom stereocenters. The molecule has 0 saturated carbocycles. The Morgan fingerprint density at radius 2 is 2.05 bits per heavy atom. The van der Waals surface area contributed by atoms with Gasteiger partial charge in [0.05, 0.1) is 18.9 Å². The highest BCUT2D eigenvalue weighted by atomic mass is 16.5. The zero-order chi connectivity index (χ0) is 15.8. The molecule has 1 atom stereocenters. The van der Waals surface area contributed by atoms with E-state index >= 15 is 0 Å². The number of amides is 1. The summed E-state index contributed by atoms with van der Waals surface area (Å²) in [4.78, 5) is 11.9. The Labute approximate surface area is 126 Å². The van der Waals surface area contributed by atoms with Gasteiger partial charge < -0.3 is 20.5 Å². The van der Waals surface area contributed by atoms with Crippen LogP contribution in [-0.4, -0.2) is 25.7 Å². The summed E-state index contributed by atoms with van der Waals surface area (Å²) in [7, 11) is 1.55. The van der Waals surface area contributed by atoms with E-state index in [4.69, 9.17) is 15.2 Å². The Morgan fingerprint density at radius 3 is 2.67 bits per heavy atom. The number of hydrogen-bond donors (Lipinski definition) is 2. The van der Waals surface area contributed by atoms with Gasteiger partial charge in [-0.3, -0.25) is 4.79 Å². The first kappa shape index (κ1) is 17.3. The van der Waals surface area contributed by atoms with Crippen molar-refractivity contribution < 1.29 is 14.3 Å². The van der Waals surface area contributed by atoms with Gasteiger partial charge in [0.1, 0.15) is 5.75 Å². The van der Waals surface area contributed by atoms with Crippen LogP contribution in [-0.2, 0) is 9.53 Å². The van der Waals surface area contributed by atoms with Gasteiger partial charge in [0, 0.05) is 24.8 Å². The molecule has 0 aliphatic heterocycles. The summed E-state index contributed by atoms with van der Waals surface area (Å²) < 4.78 is 10.8. The quantitative estimate of drug-likeness (QED) is 0.571. The van der Waals surface area contributed by atoms with Crippen LogP contribution in [0, 0.1) is 5.92 Å². The van der Waals surface area contributed by atoms with Crippen LogP contribution in [0.4, 0.5) is 11.4 Å². The molecule has 0 saturated heterocycles. The number of ether oxygens (including phenoxy) is 2. The second-order valence-electron chi connectivity index (χ2n) is 5.43. The monoisotopic (exact) mass is 294 g/mol. The standard InChI is InChI=1S/C16H26N2O3/c1-11(2)12(3)21-9-5-6-16(19)18-14-8-7-13(17)10-15(14)20-4/h7-8,10-12H,5-6,9,17H2,1-4H3,(H,18,19). The van der Waals surface area contributed by atoms with Crippen molar-refractivity contribution in [2.45, 2.75) is 39.7 Å². The molecule has 0 aromatic heterocycles. The second-order valence-corrected chi connectivity index (χ2v) is 5.43. The van der Waals surface area contributed by atoms with Gasteiger partial charge in [-0.15, -0.1) is 0 Å². The number of hydrogen-bond acceptors (Lipinski definition) is 4. The average molecular weight is 294 g/mol. The van der Waals surface area contributed by atoms with E-state index in [1.165, 1.54) is 0 Å². The third-order valence-corrected chi connectivity index (χ3v) is 3.37. The Bertz CT molecular complexity index is 461. The van der Waals surface area contributed by atoms with E-state index in [0.717, 1.165) is 0 Å². The highest BCUT2D eigenvalue weighted by Gasteiger charge is 2.09. The highest BCUT2D eigenvalue weighted by Crippen LogP contribution is 2.26. The zero-order valence-corrected chi connectivity index (χ0v) is 13.3. The number of nitrogen functional groups attached to an aromatic ring is 1. The second kappa shape index (κ2) is 8.52. The van der Waals surface area contributed by atoms with Gasteiger partial charge >= 0.3 is 0 Å². The van der Waals surface area contributed by atoms with Crippen LogP contribution in [0.3, 0.4) is 0 Å². The maximum Gasteiger partial charge on any atom is 0.224 e. The Morgan fingerprint density at radius 1 is 1.33 bits per heavy atom. The number of nitrogens with one attached hydrogen (secondary N) is 1. The summed E-state index contributed by atoms with van der Waals surface area (Å²) in [6.07, 6.45) is 1.32. The molecule has 0 aliphatic rings. The summed E-state index contributed by atoms with van der Waals surface area (Å²) in [6.45, 7) is 6.87. The molecule has 0 spiro atoms. The number of rotatable bonds is 8. The molecule has 21 heavy (non-hydrogen) atoms. The topological polar surface area (TPSA) is 73.6 Å². The van der Waals surface area contributed by atoms with Crippen LogP contribution >= 0.6 is 0 Å². The largest absolute Gasteiger partial charge is 0.494 e. The Balaban J connectivity index is 2.37. The first-order valence-corrected chi connectivity index (χ1v) is 7.29. The summed E-state index contributed by atoms with van der Waals surface area (Å²) in [6, 6.07) is 5.15. The van der Waals surface area contributed by atoms with Crippen LogP contribution in [0.15, 0.2) is 18.2 Å². The Hall–Kier alpha value is -1.75. The molecule has 5 nitrogen and oxygen atoms in total. The van der Waals surface area contributed by atoms with E-state index in [2.05, 4.69) is 19.2 Å². The summed E-state index contributed by atoms with van der Waals surface area (Å²) in [5.41, 5.74) is 6.91. The number of carbonyl (C=O) groups is 1. The van der Waals surface area contributed by atoms with Crippen molar-refractivity contribution in [3.8, 4) is 5.75 Å². The van der Waals surface area contributed by atoms with Gasteiger partial charge in [-0.25, -0.2) is 0 Å². The minimum Gasteiger partial charge on any atom is -0.494 e. The van der Waals surface area contributed by atoms with Crippen molar-refractivity contribution in [1.29, 1.82) is 0 Å². The van der Waals surface area contributed by atoms with Crippen LogP contribution in [0.25, 0.3) is 0 Å². The van der Waals surface area contributed by atoms with Crippen molar-refractivity contribution in [2.24, 2.45) is 5.92 Å². The zero-order valence-electron chi connectivity index (χ0n) is 13.3. The molecule has 3 N–H and O–H groups in total. The molecule has 0 radical (unpaired) electrons. The van der Waals surface area contributed by atoms with E-state index in [1.807, 2.05) is 6.92 Å². The molecule has 1 aromatic rings. The lowest BCUT2D eigenvalue weighted by Crippen LogP contribution is -2.18. The van der Waals surface area contributed by atoms with Gasteiger partial charge in [0.2, 0.25) is 5.91 Å². The van der Waals surface area contributed by atoms with Gasteiger partial charge in [-0.2, -0.15) is 0 Å². The fraction of sp³-hybridized carbons (Fsp3) is 0.562. The number of anilines is 2. The summed E-state index contributed by atoms with van der Waals surface area (Å²) in [5.74, 6) is 0.991. The molecule has 1 amide bonds. The minimum absolute atomic E-state index is 0.0566. The van der Waals surface area contributed by atoms with Crippen LogP contribution in [0.1, 0.15) is 33.6 Å². The van der Waals surface area contributed by atoms with E-state index in [0.29, 0.717) is 42.5 Å². The first-order chi connectivity index (χ1) is 9.93. The van der Waals surface area contributed by atoms with Crippen molar-refractivity contribution >= 4 is 17.3 Å². The normalized spacial score (nSPS) is 12.2. The van der Waals surface area contributed by atoms with E-state index < -0.39 is 0 Å². The van der Waals surface area contributed by atoms with Crippen LogP contribution in [0.5, 0.6) is 5.75 Å².